The number of halogens is 1. The molecule has 1 fully saturated rings. The van der Waals surface area contributed by atoms with Crippen LogP contribution in [0.4, 0.5) is 10.2 Å². The Labute approximate surface area is 114 Å². The number of hydrogen-bond acceptors (Lipinski definition) is 4. The van der Waals surface area contributed by atoms with E-state index in [0.29, 0.717) is 22.3 Å². The van der Waals surface area contributed by atoms with Gasteiger partial charge in [-0.25, -0.2) is 9.37 Å². The maximum Gasteiger partial charge on any atom is 0.249 e. The Morgan fingerprint density at radius 1 is 1.40 bits per heavy atom. The first-order valence-electron chi connectivity index (χ1n) is 6.33. The maximum atomic E-state index is 13.4. The van der Waals surface area contributed by atoms with Gasteiger partial charge in [-0.2, -0.15) is 0 Å². The fourth-order valence-electron chi connectivity index (χ4n) is 2.46. The van der Waals surface area contributed by atoms with E-state index in [1.807, 2.05) is 0 Å². The first-order valence-corrected chi connectivity index (χ1v) is 6.33. The minimum atomic E-state index is -1.31. The lowest BCUT2D eigenvalue weighted by Gasteiger charge is -2.17. The lowest BCUT2D eigenvalue weighted by Crippen LogP contribution is -2.23. The number of amides is 1. The number of aliphatic hydroxyl groups excluding tert-OH is 1. The second-order valence-corrected chi connectivity index (χ2v) is 4.90. The zero-order valence-corrected chi connectivity index (χ0v) is 10.7. The molecular weight excluding hydrogens is 261 g/mol. The summed E-state index contributed by atoms with van der Waals surface area (Å²) in [4.78, 5) is 17.6. The van der Waals surface area contributed by atoms with Crippen molar-refractivity contribution in [2.75, 3.05) is 18.0 Å². The van der Waals surface area contributed by atoms with Gasteiger partial charge >= 0.3 is 0 Å². The topological polar surface area (TPSA) is 79.5 Å². The molecule has 3 N–H and O–H groups in total. The Balaban J connectivity index is 2.11. The highest BCUT2D eigenvalue weighted by molar-refractivity contribution is 6.06. The summed E-state index contributed by atoms with van der Waals surface area (Å²) in [5.41, 5.74) is 6.36. The number of β-amino-alcohol motifs (C(OH)–C–C–N with tert-alkyl or cyclic N) is 1. The zero-order chi connectivity index (χ0) is 14.3. The van der Waals surface area contributed by atoms with Crippen molar-refractivity contribution >= 4 is 22.6 Å². The molecule has 0 spiro atoms. The number of alkyl halides is 1. The number of carbonyl (C=O) groups is 1. The molecule has 1 aliphatic heterocycles. The highest BCUT2D eigenvalue weighted by atomic mass is 19.1. The molecule has 2 aromatic rings. The predicted octanol–water partition coefficient (Wildman–Crippen LogP) is 0.853. The Kier molecular flexibility index (Phi) is 3.02. The SMILES string of the molecule is NC(=O)c1cc(N2C[C@@H](O)[C@H](F)C2)nc2ccccc12. The average molecular weight is 275 g/mol. The van der Waals surface area contributed by atoms with E-state index in [1.165, 1.54) is 0 Å². The number of nitrogens with zero attached hydrogens (tertiary/aromatic N) is 2. The summed E-state index contributed by atoms with van der Waals surface area (Å²) in [5, 5.41) is 10.2. The van der Waals surface area contributed by atoms with E-state index in [0.717, 1.165) is 0 Å². The third-order valence-corrected chi connectivity index (χ3v) is 3.51. The van der Waals surface area contributed by atoms with Crippen LogP contribution in [-0.4, -0.2) is 41.4 Å². The zero-order valence-electron chi connectivity index (χ0n) is 10.7. The molecule has 20 heavy (non-hydrogen) atoms. The molecule has 1 saturated heterocycles. The second kappa shape index (κ2) is 4.72. The maximum absolute atomic E-state index is 13.4. The minimum Gasteiger partial charge on any atom is -0.388 e. The number of aliphatic hydroxyl groups is 1. The number of nitrogens with two attached hydrogens (primary N) is 1. The van der Waals surface area contributed by atoms with E-state index >= 15 is 0 Å². The number of para-hydroxylation sites is 1. The number of fused-ring (bicyclic) bond motifs is 1. The minimum absolute atomic E-state index is 0.0602. The summed E-state index contributed by atoms with van der Waals surface area (Å²) in [6.45, 7) is 0.218. The van der Waals surface area contributed by atoms with Crippen molar-refractivity contribution < 1.29 is 14.3 Å². The number of aromatic nitrogens is 1. The second-order valence-electron chi connectivity index (χ2n) is 4.90. The van der Waals surface area contributed by atoms with E-state index in [1.54, 1.807) is 35.2 Å². The van der Waals surface area contributed by atoms with E-state index in [-0.39, 0.29) is 13.1 Å². The Morgan fingerprint density at radius 3 is 2.80 bits per heavy atom. The van der Waals surface area contributed by atoms with Crippen LogP contribution >= 0.6 is 0 Å². The lowest BCUT2D eigenvalue weighted by molar-refractivity contribution is 0.100. The van der Waals surface area contributed by atoms with Crippen molar-refractivity contribution in [3.8, 4) is 0 Å². The van der Waals surface area contributed by atoms with E-state index in [9.17, 15) is 14.3 Å². The molecular formula is C14H14FN3O2. The normalized spacial score (nSPS) is 22.4. The molecule has 1 amide bonds. The number of benzene rings is 1. The van der Waals surface area contributed by atoms with Crippen molar-refractivity contribution in [3.63, 3.8) is 0 Å². The fourth-order valence-corrected chi connectivity index (χ4v) is 2.46. The quantitative estimate of drug-likeness (QED) is 0.851. The van der Waals surface area contributed by atoms with Crippen LogP contribution in [0, 0.1) is 0 Å². The number of anilines is 1. The Morgan fingerprint density at radius 2 is 2.15 bits per heavy atom. The number of pyridine rings is 1. The Hall–Kier alpha value is -2.21. The van der Waals surface area contributed by atoms with E-state index in [2.05, 4.69) is 4.98 Å². The number of rotatable bonds is 2. The third kappa shape index (κ3) is 2.08. The molecule has 3 rings (SSSR count). The standard InChI is InChI=1S/C14H14FN3O2/c15-10-6-18(7-12(10)19)13-5-9(14(16)20)8-3-1-2-4-11(8)17-13/h1-5,10,12,19H,6-7H2,(H2,16,20)/t10-,12-/m1/s1. The molecule has 0 saturated carbocycles. The average Bonchev–Trinajstić information content (AvgIpc) is 2.77. The van der Waals surface area contributed by atoms with Crippen molar-refractivity contribution in [3.05, 3.63) is 35.9 Å². The monoisotopic (exact) mass is 275 g/mol. The number of hydrogen-bond donors (Lipinski definition) is 2. The van der Waals surface area contributed by atoms with Crippen LogP contribution in [0.3, 0.4) is 0 Å². The van der Waals surface area contributed by atoms with Gasteiger partial charge < -0.3 is 15.7 Å². The smallest absolute Gasteiger partial charge is 0.249 e. The summed E-state index contributed by atoms with van der Waals surface area (Å²) < 4.78 is 13.4. The highest BCUT2D eigenvalue weighted by Gasteiger charge is 2.32. The van der Waals surface area contributed by atoms with E-state index < -0.39 is 18.2 Å². The summed E-state index contributed by atoms with van der Waals surface area (Å²) in [6, 6.07) is 8.69. The van der Waals surface area contributed by atoms with Crippen molar-refractivity contribution in [2.45, 2.75) is 12.3 Å². The summed E-state index contributed by atoms with van der Waals surface area (Å²) in [5.74, 6) is -0.0990. The number of carbonyl (C=O) groups excluding carboxylic acids is 1. The van der Waals surface area contributed by atoms with Gasteiger partial charge in [-0.3, -0.25) is 4.79 Å². The van der Waals surface area contributed by atoms with Gasteiger partial charge in [0.05, 0.1) is 17.6 Å². The van der Waals surface area contributed by atoms with Gasteiger partial charge in [0, 0.05) is 11.9 Å². The first kappa shape index (κ1) is 12.8. The van der Waals surface area contributed by atoms with Gasteiger partial charge in [0.25, 0.3) is 0 Å². The van der Waals surface area contributed by atoms with Gasteiger partial charge in [-0.15, -0.1) is 0 Å². The largest absolute Gasteiger partial charge is 0.388 e. The number of primary amides is 1. The highest BCUT2D eigenvalue weighted by Crippen LogP contribution is 2.26. The van der Waals surface area contributed by atoms with Crippen LogP contribution < -0.4 is 10.6 Å². The molecule has 6 heteroatoms. The first-order chi connectivity index (χ1) is 9.56. The van der Waals surface area contributed by atoms with Crippen LogP contribution in [-0.2, 0) is 0 Å². The van der Waals surface area contributed by atoms with Gasteiger partial charge in [-0.05, 0) is 12.1 Å². The molecule has 0 bridgehead atoms. The van der Waals surface area contributed by atoms with Crippen molar-refractivity contribution in [2.24, 2.45) is 5.73 Å². The molecule has 0 aliphatic carbocycles. The molecule has 1 aromatic heterocycles. The lowest BCUT2D eigenvalue weighted by atomic mass is 10.1. The molecule has 2 atom stereocenters. The molecule has 0 unspecified atom stereocenters. The summed E-state index contributed by atoms with van der Waals surface area (Å²) >= 11 is 0. The van der Waals surface area contributed by atoms with Crippen LogP contribution in [0.15, 0.2) is 30.3 Å². The van der Waals surface area contributed by atoms with Crippen molar-refractivity contribution in [1.29, 1.82) is 0 Å². The van der Waals surface area contributed by atoms with Gasteiger partial charge in [0.15, 0.2) is 0 Å². The summed E-state index contributed by atoms with van der Waals surface area (Å²) in [6.07, 6.45) is -2.33. The van der Waals surface area contributed by atoms with E-state index in [4.69, 9.17) is 5.73 Å². The molecule has 104 valence electrons. The van der Waals surface area contributed by atoms with Gasteiger partial charge in [0.2, 0.25) is 5.91 Å². The molecule has 0 radical (unpaired) electrons. The Bertz CT molecular complexity index is 667. The fraction of sp³-hybridized carbons (Fsp3) is 0.286. The van der Waals surface area contributed by atoms with Crippen molar-refractivity contribution in [1.82, 2.24) is 4.98 Å². The van der Waals surface area contributed by atoms with Crippen LogP contribution in [0.1, 0.15) is 10.4 Å². The van der Waals surface area contributed by atoms with Crippen LogP contribution in [0.5, 0.6) is 0 Å². The molecule has 1 aliphatic rings. The van der Waals surface area contributed by atoms with Crippen LogP contribution in [0.25, 0.3) is 10.9 Å². The summed E-state index contributed by atoms with van der Waals surface area (Å²) in [7, 11) is 0. The predicted molar refractivity (Wildman–Crippen MR) is 73.4 cm³/mol. The molecule has 2 heterocycles. The van der Waals surface area contributed by atoms with Gasteiger partial charge in [-0.1, -0.05) is 18.2 Å². The third-order valence-electron chi connectivity index (χ3n) is 3.51. The molecule has 1 aromatic carbocycles. The van der Waals surface area contributed by atoms with Crippen LogP contribution in [0.2, 0.25) is 0 Å². The molecule has 5 nitrogen and oxygen atoms in total. The van der Waals surface area contributed by atoms with Gasteiger partial charge in [0.1, 0.15) is 18.1 Å².